The van der Waals surface area contributed by atoms with Gasteiger partial charge in [-0.1, -0.05) is 24.3 Å². The summed E-state index contributed by atoms with van der Waals surface area (Å²) in [6, 6.07) is 7.21. The fraction of sp³-hybridized carbons (Fsp3) is 0.423. The number of rotatable bonds is 3. The molecule has 6 atom stereocenters. The summed E-state index contributed by atoms with van der Waals surface area (Å²) < 4.78 is 11.8. The van der Waals surface area contributed by atoms with Crippen LogP contribution < -0.4 is 5.73 Å². The SMILES string of the molecule is CC(=O)[C@]1(O)Cc2cc3c(c(O)c2[C@@H](O[C@H]2C[C@H](N)[C@H](O)[C@H](C)O2)C1)C(=O)c1ccccc1C3=O. The van der Waals surface area contributed by atoms with Gasteiger partial charge in [-0.25, -0.2) is 0 Å². The fourth-order valence-corrected chi connectivity index (χ4v) is 5.35. The maximum Gasteiger partial charge on any atom is 0.198 e. The molecule has 2 aromatic rings. The van der Waals surface area contributed by atoms with E-state index in [4.69, 9.17) is 15.2 Å². The Balaban J connectivity index is 1.62. The maximum atomic E-state index is 13.3. The summed E-state index contributed by atoms with van der Waals surface area (Å²) in [5.74, 6) is -1.82. The molecule has 1 heterocycles. The number of phenolic OH excluding ortho intramolecular Hbond substituents is 1. The Bertz CT molecular complexity index is 1240. The van der Waals surface area contributed by atoms with E-state index >= 15 is 0 Å². The molecule has 0 spiro atoms. The first-order valence-electron chi connectivity index (χ1n) is 11.6. The largest absolute Gasteiger partial charge is 0.507 e. The summed E-state index contributed by atoms with van der Waals surface area (Å²) in [6.07, 6.45) is -3.61. The molecule has 0 unspecified atom stereocenters. The van der Waals surface area contributed by atoms with Crippen LogP contribution in [0.4, 0.5) is 0 Å². The number of hydrogen-bond donors (Lipinski definition) is 4. The Hall–Kier alpha value is -2.95. The lowest BCUT2D eigenvalue weighted by Gasteiger charge is -2.41. The third kappa shape index (κ3) is 3.71. The molecule has 1 aliphatic heterocycles. The van der Waals surface area contributed by atoms with Crippen molar-refractivity contribution in [3.05, 3.63) is 63.7 Å². The zero-order chi connectivity index (χ0) is 25.2. The van der Waals surface area contributed by atoms with E-state index in [1.165, 1.54) is 19.1 Å². The minimum Gasteiger partial charge on any atom is -0.507 e. The minimum absolute atomic E-state index is 0.0178. The predicted molar refractivity (Wildman–Crippen MR) is 122 cm³/mol. The van der Waals surface area contributed by atoms with Crippen molar-refractivity contribution < 1.29 is 39.2 Å². The number of carbonyl (C=O) groups is 3. The summed E-state index contributed by atoms with van der Waals surface area (Å²) in [6.45, 7) is 2.91. The number of fused-ring (bicyclic) bond motifs is 3. The molecule has 1 fully saturated rings. The summed E-state index contributed by atoms with van der Waals surface area (Å²) in [5, 5.41) is 32.6. The van der Waals surface area contributed by atoms with Crippen LogP contribution in [0.5, 0.6) is 5.75 Å². The molecule has 0 radical (unpaired) electrons. The Kier molecular flexibility index (Phi) is 5.65. The van der Waals surface area contributed by atoms with Gasteiger partial charge in [-0.05, 0) is 25.5 Å². The van der Waals surface area contributed by atoms with Gasteiger partial charge < -0.3 is 30.5 Å². The Morgan fingerprint density at radius 2 is 1.83 bits per heavy atom. The van der Waals surface area contributed by atoms with Gasteiger partial charge in [0.05, 0.1) is 23.9 Å². The van der Waals surface area contributed by atoms with E-state index < -0.39 is 59.3 Å². The molecule has 2 aromatic carbocycles. The van der Waals surface area contributed by atoms with Gasteiger partial charge in [0.25, 0.3) is 0 Å². The number of aliphatic hydroxyl groups excluding tert-OH is 1. The summed E-state index contributed by atoms with van der Waals surface area (Å²) in [7, 11) is 0. The first kappa shape index (κ1) is 23.8. The molecule has 5 rings (SSSR count). The van der Waals surface area contributed by atoms with Crippen molar-refractivity contribution >= 4 is 17.3 Å². The first-order valence-corrected chi connectivity index (χ1v) is 11.6. The molecule has 9 heteroatoms. The second-order valence-corrected chi connectivity index (χ2v) is 9.68. The second-order valence-electron chi connectivity index (χ2n) is 9.68. The van der Waals surface area contributed by atoms with Gasteiger partial charge in [0.1, 0.15) is 11.4 Å². The van der Waals surface area contributed by atoms with Gasteiger partial charge in [0.2, 0.25) is 0 Å². The number of nitrogens with two attached hydrogens (primary N) is 1. The molecule has 5 N–H and O–H groups in total. The fourth-order valence-electron chi connectivity index (χ4n) is 5.35. The maximum absolute atomic E-state index is 13.3. The van der Waals surface area contributed by atoms with Crippen LogP contribution in [0.3, 0.4) is 0 Å². The number of ether oxygens (including phenoxy) is 2. The van der Waals surface area contributed by atoms with Gasteiger partial charge in [-0.15, -0.1) is 0 Å². The number of ketones is 3. The number of carbonyl (C=O) groups excluding carboxylic acids is 3. The van der Waals surface area contributed by atoms with Crippen molar-refractivity contribution in [1.29, 1.82) is 0 Å². The molecule has 0 amide bonds. The first-order chi connectivity index (χ1) is 16.5. The molecular formula is C26H27NO8. The van der Waals surface area contributed by atoms with Crippen LogP contribution >= 0.6 is 0 Å². The van der Waals surface area contributed by atoms with Gasteiger partial charge in [0, 0.05) is 47.6 Å². The molecule has 0 aromatic heterocycles. The lowest BCUT2D eigenvalue weighted by molar-refractivity contribution is -0.247. The quantitative estimate of drug-likeness (QED) is 0.433. The molecule has 3 aliphatic rings. The number of Topliss-reactive ketones (excluding diaryl/α,β-unsaturated/α-hetero) is 1. The van der Waals surface area contributed by atoms with E-state index in [2.05, 4.69) is 0 Å². The van der Waals surface area contributed by atoms with Crippen LogP contribution in [0.1, 0.15) is 75.8 Å². The highest BCUT2D eigenvalue weighted by Gasteiger charge is 2.47. The van der Waals surface area contributed by atoms with Crippen LogP contribution in [0.2, 0.25) is 0 Å². The number of benzene rings is 2. The molecular weight excluding hydrogens is 454 g/mol. The van der Waals surface area contributed by atoms with Gasteiger partial charge in [0.15, 0.2) is 23.6 Å². The van der Waals surface area contributed by atoms with E-state index in [-0.39, 0.29) is 47.1 Å². The zero-order valence-electron chi connectivity index (χ0n) is 19.4. The minimum atomic E-state index is -1.81. The lowest BCUT2D eigenvalue weighted by Crippen LogP contribution is -2.52. The van der Waals surface area contributed by atoms with Crippen molar-refractivity contribution in [3.63, 3.8) is 0 Å². The van der Waals surface area contributed by atoms with Crippen LogP contribution in [0, 0.1) is 0 Å². The third-order valence-electron chi connectivity index (χ3n) is 7.36. The van der Waals surface area contributed by atoms with Crippen LogP contribution in [-0.2, 0) is 20.7 Å². The molecule has 2 aliphatic carbocycles. The normalized spacial score (nSPS) is 32.0. The van der Waals surface area contributed by atoms with Crippen LogP contribution in [0.25, 0.3) is 0 Å². The highest BCUT2D eigenvalue weighted by atomic mass is 16.7. The Morgan fingerprint density at radius 3 is 2.46 bits per heavy atom. The monoisotopic (exact) mass is 481 g/mol. The van der Waals surface area contributed by atoms with Crippen molar-refractivity contribution in [2.45, 2.75) is 69.4 Å². The van der Waals surface area contributed by atoms with Crippen LogP contribution in [0.15, 0.2) is 30.3 Å². The van der Waals surface area contributed by atoms with Gasteiger partial charge in [-0.2, -0.15) is 0 Å². The molecule has 9 nitrogen and oxygen atoms in total. The van der Waals surface area contributed by atoms with Crippen molar-refractivity contribution in [2.24, 2.45) is 5.73 Å². The third-order valence-corrected chi connectivity index (χ3v) is 7.36. The highest BCUT2D eigenvalue weighted by Crippen LogP contribution is 2.48. The van der Waals surface area contributed by atoms with E-state index in [0.29, 0.717) is 5.56 Å². The molecule has 1 saturated heterocycles. The van der Waals surface area contributed by atoms with E-state index in [0.717, 1.165) is 0 Å². The summed E-state index contributed by atoms with van der Waals surface area (Å²) >= 11 is 0. The predicted octanol–water partition coefficient (Wildman–Crippen LogP) is 1.31. The Labute approximate surface area is 201 Å². The zero-order valence-corrected chi connectivity index (χ0v) is 19.4. The van der Waals surface area contributed by atoms with Crippen LogP contribution in [-0.4, -0.2) is 62.8 Å². The molecule has 0 bridgehead atoms. The van der Waals surface area contributed by atoms with E-state index in [1.54, 1.807) is 25.1 Å². The standard InChI is InChI=1S/C26H27NO8/c1-11-22(29)17(27)8-19(34-11)35-18-10-26(33,12(2)28)9-13-7-16-21(25(32)20(13)18)24(31)15-6-4-3-5-14(15)23(16)30/h3-7,11,17-19,22,29,32-33H,8-10,27H2,1-2H3/t11-,17-,18-,19-,22+,26-/m0/s1. The van der Waals surface area contributed by atoms with Gasteiger partial charge in [-0.3, -0.25) is 14.4 Å². The number of aromatic hydroxyl groups is 1. The molecule has 35 heavy (non-hydrogen) atoms. The number of hydrogen-bond acceptors (Lipinski definition) is 9. The average Bonchev–Trinajstić information content (AvgIpc) is 2.80. The number of phenols is 1. The Morgan fingerprint density at radius 1 is 1.17 bits per heavy atom. The highest BCUT2D eigenvalue weighted by molar-refractivity contribution is 6.29. The molecule has 184 valence electrons. The van der Waals surface area contributed by atoms with E-state index in [9.17, 15) is 29.7 Å². The second kappa shape index (κ2) is 8.32. The van der Waals surface area contributed by atoms with Crippen molar-refractivity contribution in [3.8, 4) is 5.75 Å². The lowest BCUT2D eigenvalue weighted by atomic mass is 9.72. The summed E-state index contributed by atoms with van der Waals surface area (Å²) in [4.78, 5) is 38.9. The van der Waals surface area contributed by atoms with Crippen molar-refractivity contribution in [2.75, 3.05) is 0 Å². The smallest absolute Gasteiger partial charge is 0.198 e. The number of aliphatic hydroxyl groups is 2. The molecule has 0 saturated carbocycles. The summed E-state index contributed by atoms with van der Waals surface area (Å²) in [5.41, 5.74) is 5.09. The average molecular weight is 482 g/mol. The van der Waals surface area contributed by atoms with Gasteiger partial charge >= 0.3 is 0 Å². The topological polar surface area (TPSA) is 156 Å². The van der Waals surface area contributed by atoms with Crippen molar-refractivity contribution in [1.82, 2.24) is 0 Å². The van der Waals surface area contributed by atoms with E-state index in [1.807, 2.05) is 0 Å².